The molecule has 0 aromatic heterocycles. The lowest BCUT2D eigenvalue weighted by Gasteiger charge is -2.17. The Labute approximate surface area is 155 Å². The number of halogens is 1. The fourth-order valence-corrected chi connectivity index (χ4v) is 2.15. The molecule has 1 unspecified atom stereocenters. The third-order valence-electron chi connectivity index (χ3n) is 4.06. The zero-order valence-corrected chi connectivity index (χ0v) is 16.4. The summed E-state index contributed by atoms with van der Waals surface area (Å²) in [4.78, 5) is 18.6. The molecule has 0 bridgehead atoms. The molecule has 6 heteroatoms. The summed E-state index contributed by atoms with van der Waals surface area (Å²) in [7, 11) is 1.98. The van der Waals surface area contributed by atoms with E-state index in [1.165, 1.54) is 12.8 Å². The van der Waals surface area contributed by atoms with Crippen molar-refractivity contribution in [2.75, 3.05) is 7.05 Å². The van der Waals surface area contributed by atoms with Crippen LogP contribution < -0.4 is 11.1 Å². The molecule has 1 aromatic rings. The summed E-state index contributed by atoms with van der Waals surface area (Å²) in [5.74, 6) is 0.528. The average molecular weight is 430 g/mol. The molecule has 5 nitrogen and oxygen atoms in total. The number of hydrogen-bond acceptors (Lipinski definition) is 2. The molecule has 2 rings (SSSR count). The van der Waals surface area contributed by atoms with Gasteiger partial charge in [0, 0.05) is 24.7 Å². The first-order valence-corrected chi connectivity index (χ1v) is 7.93. The van der Waals surface area contributed by atoms with E-state index in [2.05, 4.69) is 17.2 Å². The van der Waals surface area contributed by atoms with Gasteiger partial charge in [-0.05, 0) is 43.9 Å². The number of aliphatic imine (C=N–C) groups is 1. The maximum Gasteiger partial charge on any atom is 0.251 e. The van der Waals surface area contributed by atoms with Gasteiger partial charge in [-0.2, -0.15) is 0 Å². The van der Waals surface area contributed by atoms with Crippen molar-refractivity contribution in [3.63, 3.8) is 0 Å². The minimum absolute atomic E-state index is 0. The Hall–Kier alpha value is -1.31. The summed E-state index contributed by atoms with van der Waals surface area (Å²) in [6.07, 6.45) is 3.30. The smallest absolute Gasteiger partial charge is 0.251 e. The van der Waals surface area contributed by atoms with Crippen LogP contribution >= 0.6 is 24.0 Å². The SMILES string of the molecule is CCC(C)NC(=O)c1cccc(CN=C(N)N(C)C2CC2)c1.I. The molecule has 0 radical (unpaired) electrons. The molecular weight excluding hydrogens is 403 g/mol. The monoisotopic (exact) mass is 430 g/mol. The van der Waals surface area contributed by atoms with Crippen molar-refractivity contribution in [2.24, 2.45) is 10.7 Å². The second-order valence-electron chi connectivity index (χ2n) is 6.00. The lowest BCUT2D eigenvalue weighted by molar-refractivity contribution is 0.0939. The topological polar surface area (TPSA) is 70.7 Å². The number of amides is 1. The standard InChI is InChI=1S/C17H26N4O.HI/c1-4-12(2)20-16(22)14-7-5-6-13(10-14)11-19-17(18)21(3)15-8-9-15;/h5-7,10,12,15H,4,8-9,11H2,1-3H3,(H2,18,19)(H,20,22);1H. The van der Waals surface area contributed by atoms with Crippen LogP contribution in [0.5, 0.6) is 0 Å². The van der Waals surface area contributed by atoms with Gasteiger partial charge in [-0.3, -0.25) is 4.79 Å². The fraction of sp³-hybridized carbons (Fsp3) is 0.529. The molecule has 128 valence electrons. The summed E-state index contributed by atoms with van der Waals surface area (Å²) in [5.41, 5.74) is 7.64. The number of nitrogens with two attached hydrogens (primary N) is 1. The van der Waals surface area contributed by atoms with Crippen LogP contribution in [0.25, 0.3) is 0 Å². The Kier molecular flexibility index (Phi) is 7.81. The molecule has 0 heterocycles. The van der Waals surface area contributed by atoms with Crippen molar-refractivity contribution in [1.82, 2.24) is 10.2 Å². The maximum atomic E-state index is 12.1. The third kappa shape index (κ3) is 6.01. The third-order valence-corrected chi connectivity index (χ3v) is 4.06. The van der Waals surface area contributed by atoms with Crippen molar-refractivity contribution >= 4 is 35.8 Å². The van der Waals surface area contributed by atoms with Crippen LogP contribution in [0.3, 0.4) is 0 Å². The Morgan fingerprint density at radius 3 is 2.78 bits per heavy atom. The molecule has 1 amide bonds. The van der Waals surface area contributed by atoms with Gasteiger partial charge in [0.1, 0.15) is 0 Å². The predicted octanol–water partition coefficient (Wildman–Crippen LogP) is 2.74. The van der Waals surface area contributed by atoms with Crippen LogP contribution in [0.1, 0.15) is 49.0 Å². The Bertz CT molecular complexity index is 557. The van der Waals surface area contributed by atoms with Gasteiger partial charge in [0.2, 0.25) is 0 Å². The lowest BCUT2D eigenvalue weighted by atomic mass is 10.1. The number of guanidine groups is 1. The van der Waals surface area contributed by atoms with E-state index in [1.807, 2.05) is 43.1 Å². The molecule has 0 saturated heterocycles. The quantitative estimate of drug-likeness (QED) is 0.414. The zero-order valence-electron chi connectivity index (χ0n) is 14.1. The number of nitrogens with one attached hydrogen (secondary N) is 1. The Morgan fingerprint density at radius 1 is 1.48 bits per heavy atom. The zero-order chi connectivity index (χ0) is 16.1. The van der Waals surface area contributed by atoms with E-state index in [1.54, 1.807) is 0 Å². The summed E-state index contributed by atoms with van der Waals surface area (Å²) in [6, 6.07) is 8.29. The minimum atomic E-state index is -0.0387. The number of hydrogen-bond donors (Lipinski definition) is 2. The fourth-order valence-electron chi connectivity index (χ4n) is 2.15. The van der Waals surface area contributed by atoms with Crippen LogP contribution in [0.2, 0.25) is 0 Å². The van der Waals surface area contributed by atoms with Gasteiger partial charge in [-0.25, -0.2) is 4.99 Å². The second-order valence-corrected chi connectivity index (χ2v) is 6.00. The van der Waals surface area contributed by atoms with Gasteiger partial charge >= 0.3 is 0 Å². The van der Waals surface area contributed by atoms with E-state index in [0.29, 0.717) is 24.1 Å². The van der Waals surface area contributed by atoms with E-state index in [0.717, 1.165) is 12.0 Å². The van der Waals surface area contributed by atoms with Crippen LogP contribution in [0.15, 0.2) is 29.3 Å². The van der Waals surface area contributed by atoms with Crippen molar-refractivity contribution < 1.29 is 4.79 Å². The largest absolute Gasteiger partial charge is 0.370 e. The van der Waals surface area contributed by atoms with Gasteiger partial charge in [-0.15, -0.1) is 24.0 Å². The molecule has 1 saturated carbocycles. The first-order chi connectivity index (χ1) is 10.5. The van der Waals surface area contributed by atoms with Gasteiger partial charge in [0.25, 0.3) is 5.91 Å². The highest BCUT2D eigenvalue weighted by Crippen LogP contribution is 2.24. The van der Waals surface area contributed by atoms with Crippen LogP contribution in [0, 0.1) is 0 Å². The average Bonchev–Trinajstić information content (AvgIpc) is 3.36. The molecule has 3 N–H and O–H groups in total. The summed E-state index contributed by atoms with van der Waals surface area (Å²) < 4.78 is 0. The summed E-state index contributed by atoms with van der Waals surface area (Å²) in [6.45, 7) is 4.54. The minimum Gasteiger partial charge on any atom is -0.370 e. The lowest BCUT2D eigenvalue weighted by Crippen LogP contribution is -2.35. The molecule has 1 fully saturated rings. The highest BCUT2D eigenvalue weighted by Gasteiger charge is 2.27. The molecule has 23 heavy (non-hydrogen) atoms. The van der Waals surface area contributed by atoms with Crippen LogP contribution in [-0.4, -0.2) is 35.9 Å². The van der Waals surface area contributed by atoms with E-state index >= 15 is 0 Å². The van der Waals surface area contributed by atoms with Gasteiger partial charge in [0.15, 0.2) is 5.96 Å². The van der Waals surface area contributed by atoms with E-state index < -0.39 is 0 Å². The Balaban J connectivity index is 0.00000264. The van der Waals surface area contributed by atoms with Gasteiger partial charge in [0.05, 0.1) is 6.54 Å². The molecule has 1 atom stereocenters. The highest BCUT2D eigenvalue weighted by molar-refractivity contribution is 14.0. The predicted molar refractivity (Wildman–Crippen MR) is 105 cm³/mol. The normalized spacial score (nSPS) is 15.5. The molecule has 1 aromatic carbocycles. The molecule has 0 aliphatic heterocycles. The maximum absolute atomic E-state index is 12.1. The molecule has 0 spiro atoms. The summed E-state index contributed by atoms with van der Waals surface area (Å²) >= 11 is 0. The number of benzene rings is 1. The molecule has 1 aliphatic carbocycles. The van der Waals surface area contributed by atoms with Crippen molar-refractivity contribution in [3.8, 4) is 0 Å². The van der Waals surface area contributed by atoms with E-state index in [-0.39, 0.29) is 35.9 Å². The highest BCUT2D eigenvalue weighted by atomic mass is 127. The first kappa shape index (κ1) is 19.7. The van der Waals surface area contributed by atoms with Gasteiger partial charge < -0.3 is 16.0 Å². The summed E-state index contributed by atoms with van der Waals surface area (Å²) in [5, 5.41) is 2.97. The number of carbonyl (C=O) groups excluding carboxylic acids is 1. The van der Waals surface area contributed by atoms with Crippen LogP contribution in [-0.2, 0) is 6.54 Å². The number of carbonyl (C=O) groups is 1. The Morgan fingerprint density at radius 2 is 2.17 bits per heavy atom. The van der Waals surface area contributed by atoms with Crippen molar-refractivity contribution in [2.45, 2.75) is 51.7 Å². The second kappa shape index (κ2) is 9.10. The molecular formula is C17H27IN4O. The number of nitrogens with zero attached hydrogens (tertiary/aromatic N) is 2. The van der Waals surface area contributed by atoms with Crippen LogP contribution in [0.4, 0.5) is 0 Å². The first-order valence-electron chi connectivity index (χ1n) is 7.93. The van der Waals surface area contributed by atoms with E-state index in [4.69, 9.17) is 5.73 Å². The van der Waals surface area contributed by atoms with Crippen molar-refractivity contribution in [3.05, 3.63) is 35.4 Å². The number of rotatable bonds is 6. The van der Waals surface area contributed by atoms with E-state index in [9.17, 15) is 4.79 Å². The van der Waals surface area contributed by atoms with Crippen molar-refractivity contribution in [1.29, 1.82) is 0 Å². The van der Waals surface area contributed by atoms with Gasteiger partial charge in [-0.1, -0.05) is 19.1 Å². The molecule has 1 aliphatic rings.